The van der Waals surface area contributed by atoms with E-state index in [1.165, 1.54) is 22.5 Å². The molecule has 2 N–H and O–H groups in total. The monoisotopic (exact) mass is 495 g/mol. The number of sulfonamides is 2. The molecule has 0 spiro atoms. The number of nitrogens with one attached hydrogen (secondary N) is 2. The van der Waals surface area contributed by atoms with Crippen LogP contribution in [0.25, 0.3) is 0 Å². The molecule has 10 nitrogen and oxygen atoms in total. The highest BCUT2D eigenvalue weighted by Gasteiger charge is 2.25. The lowest BCUT2D eigenvalue weighted by molar-refractivity contribution is 0.0730. The molecule has 2 heterocycles. The molecule has 31 heavy (non-hydrogen) atoms. The van der Waals surface area contributed by atoms with E-state index in [-0.39, 0.29) is 53.5 Å². The quantitative estimate of drug-likeness (QED) is 0.500. The number of carbonyl (C=O) groups excluding carboxylic acids is 1. The fourth-order valence-electron chi connectivity index (χ4n) is 3.29. The summed E-state index contributed by atoms with van der Waals surface area (Å²) in [7, 11) is -7.46. The minimum absolute atomic E-state index is 0.0220. The first kappa shape index (κ1) is 24.4. The van der Waals surface area contributed by atoms with Gasteiger partial charge < -0.3 is 14.8 Å². The highest BCUT2D eigenvalue weighted by Crippen LogP contribution is 2.23. The maximum absolute atomic E-state index is 12.6. The number of nitrogens with zero attached hydrogens (tertiary/aromatic N) is 1. The van der Waals surface area contributed by atoms with E-state index in [1.54, 1.807) is 0 Å². The molecule has 1 amide bonds. The summed E-state index contributed by atoms with van der Waals surface area (Å²) in [5.74, 6) is -0.857. The van der Waals surface area contributed by atoms with Crippen molar-refractivity contribution in [3.63, 3.8) is 0 Å². The van der Waals surface area contributed by atoms with Crippen molar-refractivity contribution in [2.24, 2.45) is 0 Å². The zero-order valence-electron chi connectivity index (χ0n) is 16.9. The summed E-state index contributed by atoms with van der Waals surface area (Å²) < 4.78 is 64.2. The SMILES string of the molecule is O=C(NCCS(=O)(=O)N1CCOCC1)c1ccc(Cl)c(S(=O)(=O)NCC2CCCO2)c1. The Bertz CT molecular complexity index is 989. The maximum Gasteiger partial charge on any atom is 0.251 e. The molecular formula is C18H26ClN3O7S2. The summed E-state index contributed by atoms with van der Waals surface area (Å²) in [5, 5.41) is 2.49. The van der Waals surface area contributed by atoms with Crippen LogP contribution >= 0.6 is 11.6 Å². The first-order valence-corrected chi connectivity index (χ1v) is 13.4. The summed E-state index contributed by atoms with van der Waals surface area (Å²) in [6, 6.07) is 3.88. The highest BCUT2D eigenvalue weighted by molar-refractivity contribution is 7.89. The molecule has 3 rings (SSSR count). The van der Waals surface area contributed by atoms with Gasteiger partial charge in [-0.25, -0.2) is 21.6 Å². The van der Waals surface area contributed by atoms with Crippen LogP contribution in [0.15, 0.2) is 23.1 Å². The van der Waals surface area contributed by atoms with Crippen molar-refractivity contribution >= 4 is 37.6 Å². The van der Waals surface area contributed by atoms with E-state index in [1.807, 2.05) is 0 Å². The van der Waals surface area contributed by atoms with Crippen LogP contribution in [0.2, 0.25) is 5.02 Å². The van der Waals surface area contributed by atoms with Gasteiger partial charge in [0, 0.05) is 38.3 Å². The Morgan fingerprint density at radius 1 is 1.16 bits per heavy atom. The number of amides is 1. The summed E-state index contributed by atoms with van der Waals surface area (Å²) in [6.45, 7) is 1.86. The van der Waals surface area contributed by atoms with E-state index in [4.69, 9.17) is 21.1 Å². The molecule has 1 unspecified atom stereocenters. The number of benzene rings is 1. The number of carbonyl (C=O) groups is 1. The summed E-state index contributed by atoms with van der Waals surface area (Å²) >= 11 is 6.05. The van der Waals surface area contributed by atoms with Crippen LogP contribution in [0.5, 0.6) is 0 Å². The van der Waals surface area contributed by atoms with Crippen LogP contribution in [-0.2, 0) is 29.5 Å². The number of halogens is 1. The van der Waals surface area contributed by atoms with Gasteiger partial charge in [0.05, 0.1) is 30.1 Å². The first-order chi connectivity index (χ1) is 14.7. The molecule has 2 saturated heterocycles. The van der Waals surface area contributed by atoms with Gasteiger partial charge in [-0.2, -0.15) is 4.31 Å². The molecule has 174 valence electrons. The summed E-state index contributed by atoms with van der Waals surface area (Å²) in [6.07, 6.45) is 1.46. The number of hydrogen-bond donors (Lipinski definition) is 2. The lowest BCUT2D eigenvalue weighted by atomic mass is 10.2. The molecule has 1 aromatic carbocycles. The largest absolute Gasteiger partial charge is 0.379 e. The summed E-state index contributed by atoms with van der Waals surface area (Å²) in [4.78, 5) is 12.2. The van der Waals surface area contributed by atoms with Crippen molar-refractivity contribution in [3.8, 4) is 0 Å². The molecular weight excluding hydrogens is 470 g/mol. The van der Waals surface area contributed by atoms with Gasteiger partial charge in [-0.15, -0.1) is 0 Å². The predicted octanol–water partition coefficient (Wildman–Crippen LogP) is 0.189. The Morgan fingerprint density at radius 2 is 1.90 bits per heavy atom. The molecule has 0 bridgehead atoms. The topological polar surface area (TPSA) is 131 Å². The number of ether oxygens (including phenoxy) is 2. The van der Waals surface area contributed by atoms with Crippen molar-refractivity contribution in [1.82, 2.24) is 14.3 Å². The number of morpholine rings is 1. The second-order valence-corrected chi connectivity index (χ2v) is 11.4. The van der Waals surface area contributed by atoms with E-state index < -0.39 is 26.0 Å². The van der Waals surface area contributed by atoms with Gasteiger partial charge in [-0.3, -0.25) is 4.79 Å². The van der Waals surface area contributed by atoms with Crippen LogP contribution in [0, 0.1) is 0 Å². The van der Waals surface area contributed by atoms with E-state index in [9.17, 15) is 21.6 Å². The minimum atomic E-state index is -3.95. The van der Waals surface area contributed by atoms with Crippen LogP contribution < -0.4 is 10.0 Å². The second kappa shape index (κ2) is 10.6. The smallest absolute Gasteiger partial charge is 0.251 e. The Hall–Kier alpha value is -1.28. The Morgan fingerprint density at radius 3 is 2.58 bits per heavy atom. The van der Waals surface area contributed by atoms with Gasteiger partial charge in [-0.1, -0.05) is 11.6 Å². The van der Waals surface area contributed by atoms with Gasteiger partial charge >= 0.3 is 0 Å². The Labute approximate surface area is 187 Å². The number of rotatable bonds is 9. The van der Waals surface area contributed by atoms with E-state index in [2.05, 4.69) is 10.0 Å². The molecule has 0 aromatic heterocycles. The number of hydrogen-bond acceptors (Lipinski definition) is 7. The van der Waals surface area contributed by atoms with Crippen molar-refractivity contribution < 1.29 is 31.1 Å². The standard InChI is InChI=1S/C18H26ClN3O7S2/c19-16-4-3-14(12-17(16)31(26,27)21-13-15-2-1-8-29-15)18(23)20-5-11-30(24,25)22-6-9-28-10-7-22/h3-4,12,15,21H,1-2,5-11,13H2,(H,20,23). The van der Waals surface area contributed by atoms with E-state index >= 15 is 0 Å². The molecule has 1 aromatic rings. The fraction of sp³-hybridized carbons (Fsp3) is 0.611. The Kier molecular flexibility index (Phi) is 8.30. The minimum Gasteiger partial charge on any atom is -0.379 e. The summed E-state index contributed by atoms with van der Waals surface area (Å²) in [5.41, 5.74) is 0.0608. The molecule has 0 radical (unpaired) electrons. The third kappa shape index (κ3) is 6.60. The molecule has 0 aliphatic carbocycles. The molecule has 2 fully saturated rings. The second-order valence-electron chi connectivity index (χ2n) is 7.22. The van der Waals surface area contributed by atoms with E-state index in [0.29, 0.717) is 19.8 Å². The molecule has 0 saturated carbocycles. The van der Waals surface area contributed by atoms with Crippen molar-refractivity contribution in [1.29, 1.82) is 0 Å². The lowest BCUT2D eigenvalue weighted by Crippen LogP contribution is -2.43. The highest BCUT2D eigenvalue weighted by atomic mass is 35.5. The first-order valence-electron chi connectivity index (χ1n) is 9.94. The van der Waals surface area contributed by atoms with Crippen LogP contribution in [-0.4, -0.2) is 84.9 Å². The van der Waals surface area contributed by atoms with Gasteiger partial charge in [-0.05, 0) is 31.0 Å². The third-order valence-corrected chi connectivity index (χ3v) is 8.79. The van der Waals surface area contributed by atoms with Gasteiger partial charge in [0.15, 0.2) is 0 Å². The lowest BCUT2D eigenvalue weighted by Gasteiger charge is -2.26. The van der Waals surface area contributed by atoms with Crippen molar-refractivity contribution in [2.45, 2.75) is 23.8 Å². The normalized spacial score (nSPS) is 20.6. The molecule has 2 aliphatic rings. The molecule has 1 atom stereocenters. The van der Waals surface area contributed by atoms with Crippen LogP contribution in [0.1, 0.15) is 23.2 Å². The van der Waals surface area contributed by atoms with Gasteiger partial charge in [0.25, 0.3) is 5.91 Å². The fourth-order valence-corrected chi connectivity index (χ4v) is 6.20. The van der Waals surface area contributed by atoms with Gasteiger partial charge in [0.2, 0.25) is 20.0 Å². The predicted molar refractivity (Wildman–Crippen MR) is 114 cm³/mol. The van der Waals surface area contributed by atoms with Gasteiger partial charge in [0.1, 0.15) is 4.90 Å². The van der Waals surface area contributed by atoms with Crippen LogP contribution in [0.4, 0.5) is 0 Å². The van der Waals surface area contributed by atoms with Crippen molar-refractivity contribution in [2.75, 3.05) is 51.8 Å². The average molecular weight is 496 g/mol. The van der Waals surface area contributed by atoms with Crippen LogP contribution in [0.3, 0.4) is 0 Å². The third-order valence-electron chi connectivity index (χ3n) is 5.02. The zero-order chi connectivity index (χ0) is 22.5. The molecule has 13 heteroatoms. The Balaban J connectivity index is 1.60. The zero-order valence-corrected chi connectivity index (χ0v) is 19.3. The molecule has 2 aliphatic heterocycles. The van der Waals surface area contributed by atoms with Crippen molar-refractivity contribution in [3.05, 3.63) is 28.8 Å². The average Bonchev–Trinajstić information content (AvgIpc) is 3.27. The maximum atomic E-state index is 12.6. The van der Waals surface area contributed by atoms with E-state index in [0.717, 1.165) is 12.8 Å².